The van der Waals surface area contributed by atoms with Gasteiger partial charge >= 0.3 is 7.12 Å². The van der Waals surface area contributed by atoms with Gasteiger partial charge in [0, 0.05) is 23.5 Å². The van der Waals surface area contributed by atoms with Crippen molar-refractivity contribution in [3.05, 3.63) is 50.9 Å². The van der Waals surface area contributed by atoms with Gasteiger partial charge in [0.2, 0.25) is 0 Å². The van der Waals surface area contributed by atoms with Crippen LogP contribution in [0.4, 0.5) is 4.39 Å². The van der Waals surface area contributed by atoms with Crippen LogP contribution in [0, 0.1) is 5.82 Å². The van der Waals surface area contributed by atoms with Crippen LogP contribution in [-0.4, -0.2) is 29.1 Å². The molecule has 2 rings (SSSR count). The average molecular weight is 314 g/mol. The summed E-state index contributed by atoms with van der Waals surface area (Å²) >= 11 is 7.37. The van der Waals surface area contributed by atoms with Gasteiger partial charge in [0.05, 0.1) is 4.34 Å². The lowest BCUT2D eigenvalue weighted by Crippen LogP contribution is -2.30. The average Bonchev–Trinajstić information content (AvgIpc) is 2.77. The van der Waals surface area contributed by atoms with Crippen LogP contribution in [-0.2, 0) is 13.1 Å². The highest BCUT2D eigenvalue weighted by Crippen LogP contribution is 2.23. The maximum atomic E-state index is 13.8. The van der Waals surface area contributed by atoms with Gasteiger partial charge in [-0.2, -0.15) is 0 Å². The predicted octanol–water partition coefficient (Wildman–Crippen LogP) is 1.85. The first-order chi connectivity index (χ1) is 9.45. The van der Waals surface area contributed by atoms with Crippen molar-refractivity contribution in [2.45, 2.75) is 13.1 Å². The normalized spacial score (nSPS) is 11.1. The van der Waals surface area contributed by atoms with Crippen LogP contribution in [0.25, 0.3) is 0 Å². The third-order valence-electron chi connectivity index (χ3n) is 2.87. The van der Waals surface area contributed by atoms with Crippen molar-refractivity contribution >= 4 is 35.5 Å². The molecule has 2 N–H and O–H groups in total. The lowest BCUT2D eigenvalue weighted by atomic mass is 9.80. The van der Waals surface area contributed by atoms with Gasteiger partial charge in [-0.1, -0.05) is 23.7 Å². The summed E-state index contributed by atoms with van der Waals surface area (Å²) in [5.41, 5.74) is 0.665. The molecule has 20 heavy (non-hydrogen) atoms. The van der Waals surface area contributed by atoms with Crippen molar-refractivity contribution in [1.29, 1.82) is 0 Å². The van der Waals surface area contributed by atoms with Gasteiger partial charge in [-0.15, -0.1) is 11.3 Å². The van der Waals surface area contributed by atoms with Crippen LogP contribution in [0.2, 0.25) is 4.34 Å². The van der Waals surface area contributed by atoms with Crippen LogP contribution in [0.15, 0.2) is 30.3 Å². The standard InChI is InChI=1S/C13H14BClFNO2S/c1-17(8-11-4-5-13(15)20-11)7-9-2-3-10(14(18)19)6-12(9)16/h2-6,18-19H,7-8H2,1H3. The fourth-order valence-corrected chi connectivity index (χ4v) is 3.07. The van der Waals surface area contributed by atoms with Gasteiger partial charge in [0.25, 0.3) is 0 Å². The van der Waals surface area contributed by atoms with E-state index in [2.05, 4.69) is 0 Å². The van der Waals surface area contributed by atoms with E-state index in [0.29, 0.717) is 18.7 Å². The molecule has 0 amide bonds. The molecule has 0 aliphatic carbocycles. The van der Waals surface area contributed by atoms with Gasteiger partial charge in [-0.3, -0.25) is 4.90 Å². The molecule has 1 heterocycles. The third-order valence-corrected chi connectivity index (χ3v) is 4.09. The second-order valence-electron chi connectivity index (χ2n) is 4.60. The minimum absolute atomic E-state index is 0.152. The fraction of sp³-hybridized carbons (Fsp3) is 0.231. The number of hydrogen-bond donors (Lipinski definition) is 2. The molecular weight excluding hydrogens is 299 g/mol. The first-order valence-electron chi connectivity index (χ1n) is 6.03. The summed E-state index contributed by atoms with van der Waals surface area (Å²) in [6.07, 6.45) is 0. The van der Waals surface area contributed by atoms with Gasteiger partial charge in [0.15, 0.2) is 0 Å². The van der Waals surface area contributed by atoms with Gasteiger partial charge in [-0.25, -0.2) is 4.39 Å². The summed E-state index contributed by atoms with van der Waals surface area (Å²) in [4.78, 5) is 3.08. The van der Waals surface area contributed by atoms with Crippen molar-refractivity contribution in [3.8, 4) is 0 Å². The maximum Gasteiger partial charge on any atom is 0.488 e. The largest absolute Gasteiger partial charge is 0.488 e. The van der Waals surface area contributed by atoms with E-state index in [1.165, 1.54) is 17.4 Å². The Morgan fingerprint density at radius 3 is 2.55 bits per heavy atom. The Balaban J connectivity index is 2.02. The highest BCUT2D eigenvalue weighted by atomic mass is 35.5. The molecule has 2 aromatic rings. The summed E-state index contributed by atoms with van der Waals surface area (Å²) in [6.45, 7) is 1.12. The van der Waals surface area contributed by atoms with Crippen molar-refractivity contribution in [2.24, 2.45) is 0 Å². The fourth-order valence-electron chi connectivity index (χ4n) is 1.90. The van der Waals surface area contributed by atoms with E-state index in [1.54, 1.807) is 6.07 Å². The monoisotopic (exact) mass is 313 g/mol. The lowest BCUT2D eigenvalue weighted by molar-refractivity contribution is 0.316. The number of halogens is 2. The van der Waals surface area contributed by atoms with Crippen molar-refractivity contribution in [3.63, 3.8) is 0 Å². The van der Waals surface area contributed by atoms with Crippen molar-refractivity contribution in [1.82, 2.24) is 4.90 Å². The Morgan fingerprint density at radius 2 is 2.00 bits per heavy atom. The first kappa shape index (κ1) is 15.5. The van der Waals surface area contributed by atoms with Crippen LogP contribution in [0.3, 0.4) is 0 Å². The van der Waals surface area contributed by atoms with Crippen LogP contribution < -0.4 is 5.46 Å². The molecule has 1 aromatic heterocycles. The molecule has 3 nitrogen and oxygen atoms in total. The molecule has 0 radical (unpaired) electrons. The Bertz CT molecular complexity index is 594. The maximum absolute atomic E-state index is 13.8. The van der Waals surface area contributed by atoms with Crippen LogP contribution in [0.5, 0.6) is 0 Å². The van der Waals surface area contributed by atoms with Gasteiger partial charge < -0.3 is 10.0 Å². The summed E-state index contributed by atoms with van der Waals surface area (Å²) in [7, 11) is 0.242. The zero-order valence-electron chi connectivity index (χ0n) is 10.9. The zero-order chi connectivity index (χ0) is 14.7. The van der Waals surface area contributed by atoms with E-state index < -0.39 is 12.9 Å². The number of hydrogen-bond acceptors (Lipinski definition) is 4. The molecule has 0 aliphatic heterocycles. The summed E-state index contributed by atoms with van der Waals surface area (Å²) < 4.78 is 14.6. The van der Waals surface area contributed by atoms with Gasteiger partial charge in [-0.05, 0) is 30.7 Å². The third kappa shape index (κ3) is 4.04. The molecule has 0 saturated carbocycles. The highest BCUT2D eigenvalue weighted by molar-refractivity contribution is 7.16. The molecule has 7 heteroatoms. The molecule has 0 aliphatic rings. The summed E-state index contributed by atoms with van der Waals surface area (Å²) in [5.74, 6) is -0.438. The number of nitrogens with zero attached hydrogens (tertiary/aromatic N) is 1. The Labute approximate surface area is 126 Å². The van der Waals surface area contributed by atoms with Crippen molar-refractivity contribution in [2.75, 3.05) is 7.05 Å². The van der Waals surface area contributed by atoms with Crippen LogP contribution >= 0.6 is 22.9 Å². The molecule has 0 fully saturated rings. The second kappa shape index (κ2) is 6.69. The molecule has 0 spiro atoms. The first-order valence-corrected chi connectivity index (χ1v) is 7.22. The Hall–Kier alpha value is -0.915. The topological polar surface area (TPSA) is 43.7 Å². The second-order valence-corrected chi connectivity index (χ2v) is 6.40. The zero-order valence-corrected chi connectivity index (χ0v) is 12.5. The van der Waals surface area contributed by atoms with Crippen LogP contribution in [0.1, 0.15) is 10.4 Å². The lowest BCUT2D eigenvalue weighted by Gasteiger charge is -2.16. The number of benzene rings is 1. The smallest absolute Gasteiger partial charge is 0.423 e. The van der Waals surface area contributed by atoms with E-state index in [4.69, 9.17) is 21.6 Å². The quantitative estimate of drug-likeness (QED) is 0.828. The van der Waals surface area contributed by atoms with E-state index in [9.17, 15) is 4.39 Å². The number of thiophene rings is 1. The predicted molar refractivity (Wildman–Crippen MR) is 80.7 cm³/mol. The SMILES string of the molecule is CN(Cc1ccc(Cl)s1)Cc1ccc(B(O)O)cc1F. The summed E-state index contributed by atoms with van der Waals surface area (Å²) in [6, 6.07) is 8.02. The molecule has 1 aromatic carbocycles. The molecule has 0 atom stereocenters. The van der Waals surface area contributed by atoms with Crippen molar-refractivity contribution < 1.29 is 14.4 Å². The molecule has 0 saturated heterocycles. The minimum atomic E-state index is -1.65. The Morgan fingerprint density at radius 1 is 1.25 bits per heavy atom. The molecular formula is C13H14BClFNO2S. The molecule has 0 bridgehead atoms. The van der Waals surface area contributed by atoms with E-state index in [1.807, 2.05) is 24.1 Å². The minimum Gasteiger partial charge on any atom is -0.423 e. The van der Waals surface area contributed by atoms with E-state index >= 15 is 0 Å². The molecule has 0 unspecified atom stereocenters. The van der Waals surface area contributed by atoms with E-state index in [0.717, 1.165) is 15.3 Å². The summed E-state index contributed by atoms with van der Waals surface area (Å²) in [5, 5.41) is 18.0. The highest BCUT2D eigenvalue weighted by Gasteiger charge is 2.14. The number of rotatable bonds is 5. The Kier molecular flexibility index (Phi) is 5.18. The van der Waals surface area contributed by atoms with E-state index in [-0.39, 0.29) is 5.46 Å². The van der Waals surface area contributed by atoms with Gasteiger partial charge in [0.1, 0.15) is 5.82 Å². The molecule has 106 valence electrons.